The zero-order valence-corrected chi connectivity index (χ0v) is 29.2. The Balaban J connectivity index is 1.20. The molecule has 4 heterocycles. The Hall–Kier alpha value is -4.94. The number of pyridine rings is 1. The number of aliphatic hydroxyl groups is 1. The number of anilines is 2. The van der Waals surface area contributed by atoms with Crippen molar-refractivity contribution in [2.45, 2.75) is 70.2 Å². The van der Waals surface area contributed by atoms with E-state index in [0.29, 0.717) is 36.2 Å². The molecule has 3 aromatic heterocycles. The van der Waals surface area contributed by atoms with Crippen LogP contribution in [-0.2, 0) is 13.0 Å². The quantitative estimate of drug-likeness (QED) is 0.147. The van der Waals surface area contributed by atoms with Crippen molar-refractivity contribution in [3.05, 3.63) is 72.3 Å². The van der Waals surface area contributed by atoms with E-state index in [2.05, 4.69) is 29.5 Å². The van der Waals surface area contributed by atoms with Crippen molar-refractivity contribution in [3.63, 3.8) is 0 Å². The lowest BCUT2D eigenvalue weighted by Gasteiger charge is -2.29. The maximum atomic E-state index is 10.2. The van der Waals surface area contributed by atoms with Gasteiger partial charge in [-0.25, -0.2) is 19.6 Å². The van der Waals surface area contributed by atoms with E-state index in [1.807, 2.05) is 65.7 Å². The Labute approximate surface area is 292 Å². The van der Waals surface area contributed by atoms with E-state index in [1.165, 1.54) is 0 Å². The van der Waals surface area contributed by atoms with Gasteiger partial charge >= 0.3 is 0 Å². The predicted molar refractivity (Wildman–Crippen MR) is 195 cm³/mol. The molecule has 5 aromatic rings. The Bertz CT molecular complexity index is 1920. The van der Waals surface area contributed by atoms with Crippen LogP contribution in [0.5, 0.6) is 17.2 Å². The molecule has 2 fully saturated rings. The first-order chi connectivity index (χ1) is 24.4. The lowest BCUT2D eigenvalue weighted by atomic mass is 10.1. The minimum Gasteiger partial charge on any atom is -0.497 e. The number of ether oxygens (including phenoxy) is 3. The zero-order chi connectivity index (χ0) is 34.6. The number of hydrogen-bond acceptors (Lipinski definition) is 11. The smallest absolute Gasteiger partial charge is 0.154 e. The topological polar surface area (TPSA) is 132 Å². The largest absolute Gasteiger partial charge is 0.497 e. The molecule has 2 atom stereocenters. The number of nitrogens with one attached hydrogen (secondary N) is 2. The number of methoxy groups -OCH3 is 2. The number of aryl methyl sites for hydroxylation is 1. The molecule has 7 rings (SSSR count). The Morgan fingerprint density at radius 3 is 2.42 bits per heavy atom. The SMILES string of the molecule is CCc1nc2c(NCc3ccc(OC)cc3OC)ncc(-c3cnn(-c4ccc(OC5CCN(C)CC5)cc4)c3)c2nc1N[C@@H]1CC[C@H](O)C1. The Morgan fingerprint density at radius 1 is 0.900 bits per heavy atom. The second-order valence-corrected chi connectivity index (χ2v) is 13.2. The number of likely N-dealkylation sites (tertiary alicyclic amines) is 1. The minimum absolute atomic E-state index is 0.140. The van der Waals surface area contributed by atoms with Crippen LogP contribution >= 0.6 is 0 Å². The summed E-state index contributed by atoms with van der Waals surface area (Å²) >= 11 is 0. The van der Waals surface area contributed by atoms with Gasteiger partial charge in [-0.05, 0) is 82.0 Å². The first-order valence-electron chi connectivity index (χ1n) is 17.5. The van der Waals surface area contributed by atoms with Gasteiger partial charge in [0.25, 0.3) is 0 Å². The molecule has 1 aliphatic carbocycles. The fourth-order valence-corrected chi connectivity index (χ4v) is 6.81. The van der Waals surface area contributed by atoms with Gasteiger partial charge < -0.3 is 34.9 Å². The number of nitrogens with zero attached hydrogens (tertiary/aromatic N) is 6. The predicted octanol–water partition coefficient (Wildman–Crippen LogP) is 5.87. The molecule has 12 nitrogen and oxygen atoms in total. The molecular weight excluding hydrogens is 632 g/mol. The molecule has 2 aliphatic rings. The van der Waals surface area contributed by atoms with Crippen LogP contribution in [-0.4, -0.2) is 87.3 Å². The summed E-state index contributed by atoms with van der Waals surface area (Å²) in [7, 11) is 5.44. The van der Waals surface area contributed by atoms with Gasteiger partial charge in [-0.2, -0.15) is 5.10 Å². The Kier molecular flexibility index (Phi) is 9.99. The number of fused-ring (bicyclic) bond motifs is 1. The van der Waals surface area contributed by atoms with Crippen LogP contribution in [0, 0.1) is 0 Å². The molecule has 0 spiro atoms. The molecular formula is C38H46N8O4. The molecule has 2 aromatic carbocycles. The third kappa shape index (κ3) is 7.31. The summed E-state index contributed by atoms with van der Waals surface area (Å²) < 4.78 is 19.1. The van der Waals surface area contributed by atoms with Gasteiger partial charge in [0.15, 0.2) is 5.82 Å². The molecule has 262 valence electrons. The standard InChI is InChI=1S/C38H46N8O4/c1-5-33-37(42-26-7-10-28(47)18-26)44-35-32(22-40-38(36(35)43-33)39-20-24-6-11-31(48-3)19-34(24)49-4)25-21-41-46(23-25)27-8-12-29(13-9-27)50-30-14-16-45(2)17-15-30/h6,8-9,11-13,19,21-23,26,28,30,47H,5,7,10,14-18,20H2,1-4H3,(H,39,40)(H,42,44)/t26-,28+/m1/s1. The van der Waals surface area contributed by atoms with Gasteiger partial charge in [0.1, 0.15) is 40.2 Å². The van der Waals surface area contributed by atoms with Gasteiger partial charge in [-0.1, -0.05) is 6.92 Å². The average molecular weight is 679 g/mol. The highest BCUT2D eigenvalue weighted by atomic mass is 16.5. The molecule has 1 aliphatic heterocycles. The molecule has 3 N–H and O–H groups in total. The summed E-state index contributed by atoms with van der Waals surface area (Å²) in [6.45, 7) is 4.66. The third-order valence-corrected chi connectivity index (χ3v) is 9.75. The van der Waals surface area contributed by atoms with E-state index >= 15 is 0 Å². The average Bonchev–Trinajstić information content (AvgIpc) is 3.80. The monoisotopic (exact) mass is 678 g/mol. The minimum atomic E-state index is -0.294. The van der Waals surface area contributed by atoms with Crippen LogP contribution in [0.15, 0.2) is 61.1 Å². The van der Waals surface area contributed by atoms with Crippen molar-refractivity contribution in [2.75, 3.05) is 45.0 Å². The number of aromatic nitrogens is 5. The molecule has 0 bridgehead atoms. The van der Waals surface area contributed by atoms with Gasteiger partial charge in [-0.15, -0.1) is 0 Å². The van der Waals surface area contributed by atoms with E-state index in [1.54, 1.807) is 14.2 Å². The normalized spacial score (nSPS) is 18.3. The van der Waals surface area contributed by atoms with Crippen molar-refractivity contribution in [1.82, 2.24) is 29.6 Å². The Morgan fingerprint density at radius 2 is 1.70 bits per heavy atom. The molecule has 0 amide bonds. The van der Waals surface area contributed by atoms with Crippen LogP contribution in [0.3, 0.4) is 0 Å². The number of hydrogen-bond donors (Lipinski definition) is 3. The second kappa shape index (κ2) is 14.9. The van der Waals surface area contributed by atoms with Crippen molar-refractivity contribution in [3.8, 4) is 34.1 Å². The van der Waals surface area contributed by atoms with E-state index in [9.17, 15) is 5.11 Å². The number of aliphatic hydroxyl groups excluding tert-OH is 1. The fraction of sp³-hybridized carbons (Fsp3) is 0.421. The summed E-state index contributed by atoms with van der Waals surface area (Å²) in [6, 6.07) is 14.0. The van der Waals surface area contributed by atoms with E-state index in [4.69, 9.17) is 34.3 Å². The molecule has 1 saturated carbocycles. The molecule has 1 saturated heterocycles. The summed E-state index contributed by atoms with van der Waals surface area (Å²) in [5, 5.41) is 22.0. The van der Waals surface area contributed by atoms with Crippen molar-refractivity contribution in [2.24, 2.45) is 0 Å². The first-order valence-corrected chi connectivity index (χ1v) is 17.5. The van der Waals surface area contributed by atoms with E-state index in [-0.39, 0.29) is 18.2 Å². The third-order valence-electron chi connectivity index (χ3n) is 9.75. The van der Waals surface area contributed by atoms with Crippen LogP contribution < -0.4 is 24.8 Å². The number of rotatable bonds is 12. The lowest BCUT2D eigenvalue weighted by molar-refractivity contribution is 0.114. The maximum absolute atomic E-state index is 10.2. The summed E-state index contributed by atoms with van der Waals surface area (Å²) in [5.74, 6) is 3.68. The lowest BCUT2D eigenvalue weighted by Crippen LogP contribution is -2.35. The molecule has 0 radical (unpaired) electrons. The maximum Gasteiger partial charge on any atom is 0.154 e. The van der Waals surface area contributed by atoms with Crippen molar-refractivity contribution < 1.29 is 19.3 Å². The summed E-state index contributed by atoms with van der Waals surface area (Å²) in [6.07, 6.45) is 10.7. The van der Waals surface area contributed by atoms with Gasteiger partial charge in [0, 0.05) is 60.8 Å². The highest BCUT2D eigenvalue weighted by molar-refractivity contribution is 5.97. The highest BCUT2D eigenvalue weighted by Gasteiger charge is 2.25. The number of piperidine rings is 1. The fourth-order valence-electron chi connectivity index (χ4n) is 6.81. The zero-order valence-electron chi connectivity index (χ0n) is 29.2. The van der Waals surface area contributed by atoms with E-state index < -0.39 is 0 Å². The van der Waals surface area contributed by atoms with Gasteiger partial charge in [0.05, 0.1) is 37.9 Å². The molecule has 0 unspecified atom stereocenters. The van der Waals surface area contributed by atoms with Gasteiger partial charge in [0.2, 0.25) is 0 Å². The first kappa shape index (κ1) is 33.6. The van der Waals surface area contributed by atoms with Crippen LogP contribution in [0.1, 0.15) is 50.3 Å². The van der Waals surface area contributed by atoms with Crippen LogP contribution in [0.2, 0.25) is 0 Å². The second-order valence-electron chi connectivity index (χ2n) is 13.2. The van der Waals surface area contributed by atoms with Gasteiger partial charge in [-0.3, -0.25) is 0 Å². The molecule has 50 heavy (non-hydrogen) atoms. The summed E-state index contributed by atoms with van der Waals surface area (Å²) in [4.78, 5) is 17.6. The summed E-state index contributed by atoms with van der Waals surface area (Å²) in [5.41, 5.74) is 5.82. The highest BCUT2D eigenvalue weighted by Crippen LogP contribution is 2.34. The molecule has 12 heteroatoms. The van der Waals surface area contributed by atoms with Crippen molar-refractivity contribution in [1.29, 1.82) is 0 Å². The van der Waals surface area contributed by atoms with E-state index in [0.717, 1.165) is 89.9 Å². The van der Waals surface area contributed by atoms with Crippen LogP contribution in [0.4, 0.5) is 11.6 Å². The number of benzene rings is 2. The van der Waals surface area contributed by atoms with Crippen LogP contribution in [0.25, 0.3) is 27.8 Å². The van der Waals surface area contributed by atoms with Crippen molar-refractivity contribution >= 4 is 22.7 Å².